The molecule has 0 radical (unpaired) electrons. The van der Waals surface area contributed by atoms with E-state index in [2.05, 4.69) is 49.5 Å². The molecule has 0 aliphatic heterocycles. The van der Waals surface area contributed by atoms with Crippen molar-refractivity contribution in [2.45, 2.75) is 309 Å². The number of amides is 1. The quantitative estimate of drug-likeness (QED) is 0.0321. The Labute approximate surface area is 410 Å². The number of aliphatic hydroxyl groups is 2. The molecule has 0 fully saturated rings. The summed E-state index contributed by atoms with van der Waals surface area (Å²) in [6, 6.07) is -0.673. The van der Waals surface area contributed by atoms with Gasteiger partial charge in [-0.2, -0.15) is 0 Å². The number of aliphatic hydroxyl groups excluding tert-OH is 2. The van der Waals surface area contributed by atoms with Crippen LogP contribution in [-0.2, 0) is 14.3 Å². The summed E-state index contributed by atoms with van der Waals surface area (Å²) in [5, 5.41) is 23.1. The van der Waals surface area contributed by atoms with Crippen molar-refractivity contribution in [2.24, 2.45) is 0 Å². The maximum atomic E-state index is 12.4. The van der Waals surface area contributed by atoms with E-state index in [4.69, 9.17) is 4.74 Å². The normalized spacial score (nSPS) is 13.0. The number of ether oxygens (including phenoxy) is 1. The molecule has 0 saturated carbocycles. The second-order valence-corrected chi connectivity index (χ2v) is 19.6. The lowest BCUT2D eigenvalue weighted by Gasteiger charge is -2.19. The molecule has 0 rings (SSSR count). The van der Waals surface area contributed by atoms with Gasteiger partial charge >= 0.3 is 5.97 Å². The topological polar surface area (TPSA) is 95.9 Å². The van der Waals surface area contributed by atoms with E-state index in [-0.39, 0.29) is 18.5 Å². The maximum absolute atomic E-state index is 12.4. The third kappa shape index (κ3) is 51.2. The number of carbonyl (C=O) groups excluding carboxylic acids is 2. The number of carbonyl (C=O) groups is 2. The van der Waals surface area contributed by atoms with E-state index in [9.17, 15) is 19.8 Å². The van der Waals surface area contributed by atoms with E-state index in [0.717, 1.165) is 51.4 Å². The van der Waals surface area contributed by atoms with Gasteiger partial charge in [-0.3, -0.25) is 9.59 Å². The van der Waals surface area contributed by atoms with E-state index in [1.54, 1.807) is 6.08 Å². The Morgan fingerprint density at radius 1 is 0.424 bits per heavy atom. The van der Waals surface area contributed by atoms with E-state index in [0.29, 0.717) is 25.9 Å². The lowest BCUT2D eigenvalue weighted by molar-refractivity contribution is -0.143. The van der Waals surface area contributed by atoms with Crippen LogP contribution >= 0.6 is 0 Å². The molecule has 1 amide bonds. The second kappa shape index (κ2) is 55.4. The zero-order chi connectivity index (χ0) is 47.9. The summed E-state index contributed by atoms with van der Waals surface area (Å²) in [6.45, 7) is 4.84. The van der Waals surface area contributed by atoms with Crippen LogP contribution in [0.1, 0.15) is 296 Å². The molecule has 0 aromatic carbocycles. The van der Waals surface area contributed by atoms with Crippen LogP contribution < -0.4 is 5.32 Å². The van der Waals surface area contributed by atoms with Crippen molar-refractivity contribution < 1.29 is 24.5 Å². The lowest BCUT2D eigenvalue weighted by Crippen LogP contribution is -2.45. The molecule has 0 aliphatic carbocycles. The van der Waals surface area contributed by atoms with E-state index in [1.165, 1.54) is 212 Å². The van der Waals surface area contributed by atoms with E-state index >= 15 is 0 Å². The smallest absolute Gasteiger partial charge is 0.305 e. The van der Waals surface area contributed by atoms with E-state index in [1.807, 2.05) is 12.2 Å². The van der Waals surface area contributed by atoms with Gasteiger partial charge in [0.2, 0.25) is 5.91 Å². The van der Waals surface area contributed by atoms with Crippen molar-refractivity contribution >= 4 is 11.9 Å². The largest absolute Gasteiger partial charge is 0.466 e. The Kier molecular flexibility index (Phi) is 53.6. The summed E-state index contributed by atoms with van der Waals surface area (Å²) in [5.74, 6) is -0.170. The third-order valence-electron chi connectivity index (χ3n) is 13.1. The first-order valence-corrected chi connectivity index (χ1v) is 28.9. The van der Waals surface area contributed by atoms with Crippen LogP contribution in [0.5, 0.6) is 0 Å². The maximum Gasteiger partial charge on any atom is 0.305 e. The molecule has 0 bridgehead atoms. The predicted octanol–water partition coefficient (Wildman–Crippen LogP) is 17.8. The van der Waals surface area contributed by atoms with Crippen molar-refractivity contribution in [3.63, 3.8) is 0 Å². The van der Waals surface area contributed by atoms with Crippen molar-refractivity contribution in [1.29, 1.82) is 0 Å². The highest BCUT2D eigenvalue weighted by Crippen LogP contribution is 2.16. The average molecular weight is 927 g/mol. The molecular formula is C60H111NO5. The molecule has 0 aromatic heterocycles. The van der Waals surface area contributed by atoms with Crippen LogP contribution in [0.25, 0.3) is 0 Å². The SMILES string of the molecule is CCCCCCCCC/C=C\CCCCCCCCCC(=O)OCCCCCCCC/C=C\C/C=C\CCC(=O)NC(CO)C(O)/C=C/CCCCCCCCCCCCCCCCCC. The lowest BCUT2D eigenvalue weighted by atomic mass is 10.0. The highest BCUT2D eigenvalue weighted by atomic mass is 16.5. The molecule has 0 heterocycles. The number of hydrogen-bond acceptors (Lipinski definition) is 5. The number of nitrogens with one attached hydrogen (secondary N) is 1. The summed E-state index contributed by atoms with van der Waals surface area (Å²) in [5.41, 5.74) is 0. The summed E-state index contributed by atoms with van der Waals surface area (Å²) >= 11 is 0. The number of unbranched alkanes of at least 4 members (excludes halogenated alkanes) is 36. The van der Waals surface area contributed by atoms with Crippen LogP contribution in [0.2, 0.25) is 0 Å². The Hall–Kier alpha value is -2.18. The van der Waals surface area contributed by atoms with Crippen molar-refractivity contribution in [3.05, 3.63) is 48.6 Å². The molecule has 3 N–H and O–H groups in total. The third-order valence-corrected chi connectivity index (χ3v) is 13.1. The standard InChI is InChI=1S/C60H111NO5/c1-3-5-7-9-11-13-15-17-19-21-23-25-28-32-36-40-44-48-52-58(63)57(56-62)61-59(64)53-49-45-41-37-33-29-27-31-35-39-43-47-51-55-66-60(65)54-50-46-42-38-34-30-26-24-22-20-18-16-14-12-10-8-6-4-2/h20,22,29,33,41,45,48,52,57-58,62-63H,3-19,21,23-28,30-32,34-40,42-44,46-47,49-51,53-56H2,1-2H3,(H,61,64)/b22-20-,33-29-,45-41-,52-48+. The van der Waals surface area contributed by atoms with Crippen molar-refractivity contribution in [1.82, 2.24) is 5.32 Å². The van der Waals surface area contributed by atoms with Gasteiger partial charge in [-0.05, 0) is 77.0 Å². The molecule has 0 saturated heterocycles. The first-order valence-electron chi connectivity index (χ1n) is 28.9. The van der Waals surface area contributed by atoms with Gasteiger partial charge in [0.25, 0.3) is 0 Å². The highest BCUT2D eigenvalue weighted by Gasteiger charge is 2.17. The monoisotopic (exact) mass is 926 g/mol. The summed E-state index contributed by atoms with van der Waals surface area (Å²) in [7, 11) is 0. The fourth-order valence-corrected chi connectivity index (χ4v) is 8.62. The number of hydrogen-bond donors (Lipinski definition) is 3. The number of rotatable bonds is 53. The predicted molar refractivity (Wildman–Crippen MR) is 287 cm³/mol. The Morgan fingerprint density at radius 3 is 1.20 bits per heavy atom. The number of allylic oxidation sites excluding steroid dienone is 7. The van der Waals surface area contributed by atoms with Gasteiger partial charge in [-0.1, -0.05) is 255 Å². The van der Waals surface area contributed by atoms with Crippen LogP contribution in [0, 0.1) is 0 Å². The summed E-state index contributed by atoms with van der Waals surface area (Å²) < 4.78 is 5.47. The first kappa shape index (κ1) is 63.8. The van der Waals surface area contributed by atoms with Crippen LogP contribution in [0.15, 0.2) is 48.6 Å². The van der Waals surface area contributed by atoms with Crippen LogP contribution in [0.3, 0.4) is 0 Å². The van der Waals surface area contributed by atoms with Crippen molar-refractivity contribution in [3.8, 4) is 0 Å². The zero-order valence-electron chi connectivity index (χ0n) is 43.9. The first-order chi connectivity index (χ1) is 32.5. The highest BCUT2D eigenvalue weighted by molar-refractivity contribution is 5.76. The fraction of sp³-hybridized carbons (Fsp3) is 0.833. The molecule has 0 aromatic rings. The molecule has 2 unspecified atom stereocenters. The van der Waals surface area contributed by atoms with E-state index < -0.39 is 12.1 Å². The average Bonchev–Trinajstić information content (AvgIpc) is 3.32. The molecule has 66 heavy (non-hydrogen) atoms. The minimum absolute atomic E-state index is 0.0216. The minimum atomic E-state index is -0.880. The van der Waals surface area contributed by atoms with Crippen LogP contribution in [0.4, 0.5) is 0 Å². The molecule has 2 atom stereocenters. The van der Waals surface area contributed by atoms with Crippen molar-refractivity contribution in [2.75, 3.05) is 13.2 Å². The Bertz CT molecular complexity index is 1110. The number of esters is 1. The van der Waals surface area contributed by atoms with Gasteiger partial charge < -0.3 is 20.3 Å². The van der Waals surface area contributed by atoms with Gasteiger partial charge in [0.15, 0.2) is 0 Å². The zero-order valence-corrected chi connectivity index (χ0v) is 43.9. The molecule has 0 aliphatic rings. The minimum Gasteiger partial charge on any atom is -0.466 e. The Morgan fingerprint density at radius 2 is 0.773 bits per heavy atom. The van der Waals surface area contributed by atoms with Gasteiger partial charge in [0.05, 0.1) is 25.4 Å². The summed E-state index contributed by atoms with van der Waals surface area (Å²) in [4.78, 5) is 24.5. The molecule has 6 nitrogen and oxygen atoms in total. The van der Waals surface area contributed by atoms with Gasteiger partial charge in [0, 0.05) is 12.8 Å². The molecule has 6 heteroatoms. The van der Waals surface area contributed by atoms with Gasteiger partial charge in [-0.15, -0.1) is 0 Å². The fourth-order valence-electron chi connectivity index (χ4n) is 8.62. The molecule has 0 spiro atoms. The Balaban J connectivity index is 3.57. The van der Waals surface area contributed by atoms with Gasteiger partial charge in [-0.25, -0.2) is 0 Å². The second-order valence-electron chi connectivity index (χ2n) is 19.6. The summed E-state index contributed by atoms with van der Waals surface area (Å²) in [6.07, 6.45) is 70.0. The molecule has 386 valence electrons. The molecular weight excluding hydrogens is 815 g/mol. The van der Waals surface area contributed by atoms with Crippen LogP contribution in [-0.4, -0.2) is 47.4 Å². The van der Waals surface area contributed by atoms with Gasteiger partial charge in [0.1, 0.15) is 0 Å².